The number of amidine groups is 1. The fourth-order valence-corrected chi connectivity index (χ4v) is 3.14. The highest BCUT2D eigenvalue weighted by molar-refractivity contribution is 7.90. The van der Waals surface area contributed by atoms with Crippen molar-refractivity contribution in [2.75, 3.05) is 5.43 Å². The minimum atomic E-state index is -3.58. The summed E-state index contributed by atoms with van der Waals surface area (Å²) in [5, 5.41) is 0. The molecule has 0 fully saturated rings. The van der Waals surface area contributed by atoms with Gasteiger partial charge < -0.3 is 0 Å². The summed E-state index contributed by atoms with van der Waals surface area (Å²) in [5.41, 5.74) is 8.36. The van der Waals surface area contributed by atoms with Gasteiger partial charge in [0.25, 0.3) is 10.0 Å². The Kier molecular flexibility index (Phi) is 2.94. The van der Waals surface area contributed by atoms with E-state index in [0.29, 0.717) is 11.4 Å². The minimum absolute atomic E-state index is 0.230. The first-order valence-corrected chi connectivity index (χ1v) is 7.53. The minimum Gasteiger partial charge on any atom is -0.300 e. The number of hydrazine groups is 1. The number of rotatable bonds is 2. The Morgan fingerprint density at radius 2 is 1.65 bits per heavy atom. The second-order valence-electron chi connectivity index (χ2n) is 4.53. The van der Waals surface area contributed by atoms with Crippen LogP contribution in [0.15, 0.2) is 57.8 Å². The van der Waals surface area contributed by atoms with Gasteiger partial charge in [0.1, 0.15) is 4.90 Å². The molecule has 2 N–H and O–H groups in total. The highest BCUT2D eigenvalue weighted by Crippen LogP contribution is 2.24. The van der Waals surface area contributed by atoms with E-state index in [4.69, 9.17) is 0 Å². The Balaban J connectivity index is 1.84. The van der Waals surface area contributed by atoms with Crippen molar-refractivity contribution in [2.45, 2.75) is 11.8 Å². The molecule has 0 aromatic heterocycles. The first kappa shape index (κ1) is 12.7. The third kappa shape index (κ3) is 2.25. The number of sulfonamides is 1. The summed E-state index contributed by atoms with van der Waals surface area (Å²) in [6.07, 6.45) is 0. The van der Waals surface area contributed by atoms with Crippen LogP contribution >= 0.6 is 0 Å². The Labute approximate surface area is 117 Å². The average molecular weight is 287 g/mol. The van der Waals surface area contributed by atoms with Crippen molar-refractivity contribution in [1.29, 1.82) is 0 Å². The maximum atomic E-state index is 11.9. The summed E-state index contributed by atoms with van der Waals surface area (Å²) in [5.74, 6) is 0.307. The Hall–Kier alpha value is -2.34. The summed E-state index contributed by atoms with van der Waals surface area (Å²) >= 11 is 0. The number of hydrogen-bond donors (Lipinski definition) is 2. The van der Waals surface area contributed by atoms with Crippen LogP contribution < -0.4 is 10.9 Å². The van der Waals surface area contributed by atoms with Crippen LogP contribution in [0.2, 0.25) is 0 Å². The molecule has 20 heavy (non-hydrogen) atoms. The van der Waals surface area contributed by atoms with Gasteiger partial charge in [-0.05, 0) is 31.2 Å². The van der Waals surface area contributed by atoms with Crippen LogP contribution in [-0.4, -0.2) is 14.3 Å². The topological polar surface area (TPSA) is 70.6 Å². The summed E-state index contributed by atoms with van der Waals surface area (Å²) in [6.45, 7) is 2.00. The Morgan fingerprint density at radius 3 is 2.40 bits per heavy atom. The molecule has 3 rings (SSSR count). The number of nitrogens with one attached hydrogen (secondary N) is 2. The molecular weight excluding hydrogens is 274 g/mol. The van der Waals surface area contributed by atoms with Gasteiger partial charge in [-0.2, -0.15) is 8.42 Å². The molecule has 0 atom stereocenters. The van der Waals surface area contributed by atoms with E-state index in [9.17, 15) is 8.42 Å². The molecule has 5 nitrogen and oxygen atoms in total. The van der Waals surface area contributed by atoms with E-state index in [-0.39, 0.29) is 4.90 Å². The lowest BCUT2D eigenvalue weighted by atomic mass is 10.2. The molecule has 0 saturated carbocycles. The van der Waals surface area contributed by atoms with Gasteiger partial charge in [-0.1, -0.05) is 29.8 Å². The lowest BCUT2D eigenvalue weighted by Gasteiger charge is -2.09. The molecule has 1 aliphatic heterocycles. The van der Waals surface area contributed by atoms with Crippen molar-refractivity contribution >= 4 is 21.5 Å². The van der Waals surface area contributed by atoms with Crippen molar-refractivity contribution in [1.82, 2.24) is 5.43 Å². The molecule has 6 heteroatoms. The van der Waals surface area contributed by atoms with Crippen LogP contribution in [0, 0.1) is 6.92 Å². The largest absolute Gasteiger partial charge is 0.300 e. The number of fused-ring (bicyclic) bond motifs is 1. The maximum Gasteiger partial charge on any atom is 0.285 e. The smallest absolute Gasteiger partial charge is 0.285 e. The fraction of sp³-hybridized carbons (Fsp3) is 0.0714. The Bertz CT molecular complexity index is 780. The lowest BCUT2D eigenvalue weighted by molar-refractivity contribution is 0.599. The molecule has 2 aromatic carbocycles. The van der Waals surface area contributed by atoms with Crippen molar-refractivity contribution in [2.24, 2.45) is 4.40 Å². The number of nitrogens with zero attached hydrogens (tertiary/aromatic N) is 1. The molecule has 1 aliphatic rings. The average Bonchev–Trinajstić information content (AvgIpc) is 2.70. The third-order valence-corrected chi connectivity index (χ3v) is 4.34. The van der Waals surface area contributed by atoms with Crippen molar-refractivity contribution in [3.05, 3.63) is 59.7 Å². The van der Waals surface area contributed by atoms with Crippen molar-refractivity contribution in [3.8, 4) is 0 Å². The van der Waals surface area contributed by atoms with Crippen LogP contribution in [-0.2, 0) is 10.0 Å². The number of hydrogen-bond acceptors (Lipinski definition) is 4. The van der Waals surface area contributed by atoms with Crippen LogP contribution in [0.1, 0.15) is 11.1 Å². The highest BCUT2D eigenvalue weighted by Gasteiger charge is 2.28. The number of aryl methyl sites for hydroxylation is 1. The van der Waals surface area contributed by atoms with Crippen LogP contribution in [0.4, 0.5) is 5.69 Å². The first-order chi connectivity index (χ1) is 9.56. The van der Waals surface area contributed by atoms with E-state index >= 15 is 0 Å². The van der Waals surface area contributed by atoms with Crippen LogP contribution in [0.5, 0.6) is 0 Å². The second kappa shape index (κ2) is 4.64. The zero-order valence-corrected chi connectivity index (χ0v) is 11.6. The van der Waals surface area contributed by atoms with Gasteiger partial charge in [0.05, 0.1) is 5.69 Å². The van der Waals surface area contributed by atoms with E-state index in [2.05, 4.69) is 15.2 Å². The van der Waals surface area contributed by atoms with Gasteiger partial charge >= 0.3 is 0 Å². The summed E-state index contributed by atoms with van der Waals surface area (Å²) in [6, 6.07) is 14.5. The second-order valence-corrected chi connectivity index (χ2v) is 6.10. The molecule has 0 radical (unpaired) electrons. The van der Waals surface area contributed by atoms with Gasteiger partial charge in [0.15, 0.2) is 5.84 Å². The molecule has 0 unspecified atom stereocenters. The molecule has 0 amide bonds. The SMILES string of the molecule is Cc1ccc(NNC2=NS(=O)(=O)c3ccccc32)cc1. The Morgan fingerprint density at radius 1 is 0.950 bits per heavy atom. The number of anilines is 1. The zero-order valence-electron chi connectivity index (χ0n) is 10.8. The lowest BCUT2D eigenvalue weighted by Crippen LogP contribution is -2.29. The quantitative estimate of drug-likeness (QED) is 0.829. The molecular formula is C14H13N3O2S. The van der Waals surface area contributed by atoms with Crippen molar-refractivity contribution in [3.63, 3.8) is 0 Å². The van der Waals surface area contributed by atoms with Gasteiger partial charge in [0, 0.05) is 5.56 Å². The normalized spacial score (nSPS) is 15.3. The van der Waals surface area contributed by atoms with Gasteiger partial charge in [-0.3, -0.25) is 10.9 Å². The molecule has 2 aromatic rings. The van der Waals surface area contributed by atoms with E-state index in [0.717, 1.165) is 11.3 Å². The fourth-order valence-electron chi connectivity index (χ4n) is 1.96. The molecule has 102 valence electrons. The van der Waals surface area contributed by atoms with Gasteiger partial charge in [0.2, 0.25) is 0 Å². The van der Waals surface area contributed by atoms with Crippen molar-refractivity contribution < 1.29 is 8.42 Å². The van der Waals surface area contributed by atoms with E-state index in [1.165, 1.54) is 0 Å². The standard InChI is InChI=1S/C14H13N3O2S/c1-10-6-8-11(9-7-10)15-16-14-12-4-2-3-5-13(12)20(18,19)17-14/h2-9,15H,1H3,(H,16,17). The van der Waals surface area contributed by atoms with Crippen LogP contribution in [0.25, 0.3) is 0 Å². The predicted molar refractivity (Wildman–Crippen MR) is 78.1 cm³/mol. The summed E-state index contributed by atoms with van der Waals surface area (Å²) in [7, 11) is -3.58. The first-order valence-electron chi connectivity index (χ1n) is 6.09. The summed E-state index contributed by atoms with van der Waals surface area (Å²) < 4.78 is 27.5. The molecule has 0 spiro atoms. The van der Waals surface area contributed by atoms with E-state index < -0.39 is 10.0 Å². The van der Waals surface area contributed by atoms with Crippen LogP contribution in [0.3, 0.4) is 0 Å². The van der Waals surface area contributed by atoms with E-state index in [1.54, 1.807) is 24.3 Å². The van der Waals surface area contributed by atoms with Gasteiger partial charge in [-0.25, -0.2) is 0 Å². The molecule has 0 aliphatic carbocycles. The summed E-state index contributed by atoms with van der Waals surface area (Å²) in [4.78, 5) is 0.230. The monoisotopic (exact) mass is 287 g/mol. The predicted octanol–water partition coefficient (Wildman–Crippen LogP) is 2.06. The zero-order chi connectivity index (χ0) is 14.2. The molecule has 0 bridgehead atoms. The van der Waals surface area contributed by atoms with Gasteiger partial charge in [-0.15, -0.1) is 4.40 Å². The third-order valence-electron chi connectivity index (χ3n) is 3.01. The molecule has 1 heterocycles. The number of benzene rings is 2. The maximum absolute atomic E-state index is 11.9. The van der Waals surface area contributed by atoms with E-state index in [1.807, 2.05) is 31.2 Å². The molecule has 0 saturated heterocycles. The highest BCUT2D eigenvalue weighted by atomic mass is 32.2.